The topological polar surface area (TPSA) is 93.2 Å². The van der Waals surface area contributed by atoms with E-state index in [4.69, 9.17) is 9.47 Å². The van der Waals surface area contributed by atoms with E-state index in [0.29, 0.717) is 30.2 Å². The van der Waals surface area contributed by atoms with Crippen molar-refractivity contribution in [2.24, 2.45) is 23.7 Å². The Morgan fingerprint density at radius 3 is 2.28 bits per heavy atom. The van der Waals surface area contributed by atoms with Crippen molar-refractivity contribution >= 4 is 35.1 Å². The van der Waals surface area contributed by atoms with Crippen molar-refractivity contribution in [2.45, 2.75) is 26.7 Å². The minimum atomic E-state index is -0.595. The van der Waals surface area contributed by atoms with Gasteiger partial charge in [-0.2, -0.15) is 0 Å². The highest BCUT2D eigenvalue weighted by Gasteiger charge is 2.50. The van der Waals surface area contributed by atoms with Gasteiger partial charge in [0.25, 0.3) is 0 Å². The van der Waals surface area contributed by atoms with E-state index in [1.165, 1.54) is 4.90 Å². The molecular formula is C28H28N2O6. The largest absolute Gasteiger partial charge is 0.494 e. The summed E-state index contributed by atoms with van der Waals surface area (Å²) in [5, 5.41) is 0. The van der Waals surface area contributed by atoms with E-state index in [9.17, 15) is 19.2 Å². The summed E-state index contributed by atoms with van der Waals surface area (Å²) in [7, 11) is 0. The third-order valence-electron chi connectivity index (χ3n) is 7.10. The fraction of sp³-hybridized carbons (Fsp3) is 0.357. The molecule has 2 heterocycles. The van der Waals surface area contributed by atoms with Crippen LogP contribution in [0.4, 0.5) is 11.4 Å². The first-order valence-corrected chi connectivity index (χ1v) is 12.3. The fourth-order valence-electron chi connectivity index (χ4n) is 5.27. The molecule has 1 aliphatic carbocycles. The Hall–Kier alpha value is -3.94. The van der Waals surface area contributed by atoms with Gasteiger partial charge in [0, 0.05) is 18.7 Å². The number of fused-ring (bicyclic) bond motifs is 1. The zero-order valence-corrected chi connectivity index (χ0v) is 20.3. The maximum absolute atomic E-state index is 13.0. The molecule has 0 aromatic heterocycles. The third-order valence-corrected chi connectivity index (χ3v) is 7.10. The second-order valence-corrected chi connectivity index (χ2v) is 9.41. The SMILES string of the molecule is CCOc1ccc(N2C[C@H](C(=O)Oc3ccc(N4C(=O)[C@H]5[C@@H](C)C=CC[C@H]5C4=O)cc3)CC2=O)cc1. The van der Waals surface area contributed by atoms with E-state index in [2.05, 4.69) is 0 Å². The van der Waals surface area contributed by atoms with Crippen LogP contribution in [0, 0.1) is 23.7 Å². The van der Waals surface area contributed by atoms with Crippen molar-refractivity contribution in [3.05, 3.63) is 60.7 Å². The van der Waals surface area contributed by atoms with Gasteiger partial charge in [-0.15, -0.1) is 0 Å². The molecule has 2 aromatic rings. The van der Waals surface area contributed by atoms with E-state index in [-0.39, 0.29) is 48.4 Å². The lowest BCUT2D eigenvalue weighted by Gasteiger charge is -2.22. The minimum Gasteiger partial charge on any atom is -0.494 e. The van der Waals surface area contributed by atoms with Gasteiger partial charge in [0.2, 0.25) is 17.7 Å². The Bertz CT molecular complexity index is 1220. The molecule has 0 spiro atoms. The van der Waals surface area contributed by atoms with Gasteiger partial charge >= 0.3 is 5.97 Å². The maximum Gasteiger partial charge on any atom is 0.316 e. The number of allylic oxidation sites excluding steroid dienone is 2. The van der Waals surface area contributed by atoms with Gasteiger partial charge in [-0.05, 0) is 67.8 Å². The average molecular weight is 489 g/mol. The number of esters is 1. The van der Waals surface area contributed by atoms with E-state index in [1.807, 2.05) is 26.0 Å². The predicted molar refractivity (Wildman–Crippen MR) is 133 cm³/mol. The minimum absolute atomic E-state index is 0.0155. The molecule has 2 aliphatic heterocycles. The summed E-state index contributed by atoms with van der Waals surface area (Å²) in [4.78, 5) is 54.0. The molecule has 186 valence electrons. The molecule has 4 atom stereocenters. The third kappa shape index (κ3) is 4.27. The molecule has 2 fully saturated rings. The molecule has 0 bridgehead atoms. The van der Waals surface area contributed by atoms with Gasteiger partial charge in [0.1, 0.15) is 11.5 Å². The van der Waals surface area contributed by atoms with Gasteiger partial charge in [-0.3, -0.25) is 24.1 Å². The summed E-state index contributed by atoms with van der Waals surface area (Å²) in [6.07, 6.45) is 4.59. The van der Waals surface area contributed by atoms with Gasteiger partial charge in [-0.25, -0.2) is 0 Å². The number of ether oxygens (including phenoxy) is 2. The molecule has 8 nitrogen and oxygen atoms in total. The van der Waals surface area contributed by atoms with Crippen LogP contribution in [0.5, 0.6) is 11.5 Å². The quantitative estimate of drug-likeness (QED) is 0.266. The maximum atomic E-state index is 13.0. The number of benzene rings is 2. The number of amides is 3. The molecule has 0 saturated carbocycles. The van der Waals surface area contributed by atoms with Crippen LogP contribution in [-0.2, 0) is 19.2 Å². The van der Waals surface area contributed by atoms with E-state index >= 15 is 0 Å². The molecule has 0 N–H and O–H groups in total. The summed E-state index contributed by atoms with van der Waals surface area (Å²) in [6, 6.07) is 13.5. The molecular weight excluding hydrogens is 460 g/mol. The lowest BCUT2D eigenvalue weighted by atomic mass is 9.78. The number of carbonyl (C=O) groups is 4. The Morgan fingerprint density at radius 1 is 0.944 bits per heavy atom. The highest BCUT2D eigenvalue weighted by molar-refractivity contribution is 6.22. The molecule has 5 rings (SSSR count). The Morgan fingerprint density at radius 2 is 1.61 bits per heavy atom. The number of nitrogens with zero attached hydrogens (tertiary/aromatic N) is 2. The first-order chi connectivity index (χ1) is 17.4. The summed E-state index contributed by atoms with van der Waals surface area (Å²) in [5.41, 5.74) is 1.16. The highest BCUT2D eigenvalue weighted by Crippen LogP contribution is 2.40. The van der Waals surface area contributed by atoms with Gasteiger partial charge in [0.15, 0.2) is 0 Å². The molecule has 8 heteroatoms. The lowest BCUT2D eigenvalue weighted by Crippen LogP contribution is -2.31. The van der Waals surface area contributed by atoms with Crippen molar-refractivity contribution in [1.29, 1.82) is 0 Å². The smallest absolute Gasteiger partial charge is 0.316 e. The van der Waals surface area contributed by atoms with Crippen molar-refractivity contribution in [2.75, 3.05) is 23.0 Å². The van der Waals surface area contributed by atoms with Crippen LogP contribution in [0.1, 0.15) is 26.7 Å². The fourth-order valence-corrected chi connectivity index (χ4v) is 5.27. The Balaban J connectivity index is 1.22. The van der Waals surface area contributed by atoms with Gasteiger partial charge in [0.05, 0.1) is 30.0 Å². The molecule has 0 unspecified atom stereocenters. The van der Waals surface area contributed by atoms with Crippen molar-refractivity contribution in [1.82, 2.24) is 0 Å². The number of rotatable bonds is 6. The average Bonchev–Trinajstić information content (AvgIpc) is 3.38. The van der Waals surface area contributed by atoms with Crippen LogP contribution in [0.2, 0.25) is 0 Å². The monoisotopic (exact) mass is 488 g/mol. The molecule has 2 aromatic carbocycles. The molecule has 2 saturated heterocycles. The Labute approximate surface area is 209 Å². The van der Waals surface area contributed by atoms with Gasteiger partial charge in [-0.1, -0.05) is 19.1 Å². The number of anilines is 2. The zero-order chi connectivity index (χ0) is 25.4. The second-order valence-electron chi connectivity index (χ2n) is 9.41. The van der Waals surface area contributed by atoms with Crippen LogP contribution < -0.4 is 19.3 Å². The van der Waals surface area contributed by atoms with Crippen molar-refractivity contribution < 1.29 is 28.7 Å². The van der Waals surface area contributed by atoms with Crippen LogP contribution in [-0.4, -0.2) is 36.8 Å². The van der Waals surface area contributed by atoms with E-state index in [0.717, 1.165) is 5.75 Å². The van der Waals surface area contributed by atoms with Gasteiger partial charge < -0.3 is 14.4 Å². The molecule has 0 radical (unpaired) electrons. The standard InChI is InChI=1S/C28H28N2O6/c1-3-35-21-11-7-19(8-12-21)29-16-18(15-24(29)31)28(34)36-22-13-9-20(10-14-22)30-26(32)23-6-4-5-17(2)25(23)27(30)33/h4-5,7-14,17-18,23,25H,3,6,15-16H2,1-2H3/t17-,18+,23+,25-/m0/s1. The highest BCUT2D eigenvalue weighted by atomic mass is 16.5. The molecule has 3 aliphatic rings. The van der Waals surface area contributed by atoms with Crippen LogP contribution in [0.15, 0.2) is 60.7 Å². The first kappa shape index (κ1) is 23.8. The van der Waals surface area contributed by atoms with Crippen LogP contribution in [0.3, 0.4) is 0 Å². The summed E-state index contributed by atoms with van der Waals surface area (Å²) < 4.78 is 11.0. The molecule has 3 amide bonds. The summed E-state index contributed by atoms with van der Waals surface area (Å²) in [6.45, 7) is 4.64. The van der Waals surface area contributed by atoms with E-state index < -0.39 is 11.9 Å². The normalized spacial score (nSPS) is 25.3. The number of imide groups is 1. The van der Waals surface area contributed by atoms with Crippen LogP contribution >= 0.6 is 0 Å². The second kappa shape index (κ2) is 9.60. The number of carbonyl (C=O) groups excluding carboxylic acids is 4. The zero-order valence-electron chi connectivity index (χ0n) is 20.3. The number of hydrogen-bond acceptors (Lipinski definition) is 6. The summed E-state index contributed by atoms with van der Waals surface area (Å²) in [5.74, 6) is -1.25. The van der Waals surface area contributed by atoms with Crippen molar-refractivity contribution in [3.63, 3.8) is 0 Å². The Kier molecular flexibility index (Phi) is 6.35. The van der Waals surface area contributed by atoms with Crippen molar-refractivity contribution in [3.8, 4) is 11.5 Å². The lowest BCUT2D eigenvalue weighted by molar-refractivity contribution is -0.139. The number of hydrogen-bond donors (Lipinski definition) is 0. The predicted octanol–water partition coefficient (Wildman–Crippen LogP) is 3.75. The summed E-state index contributed by atoms with van der Waals surface area (Å²) >= 11 is 0. The molecule has 36 heavy (non-hydrogen) atoms. The van der Waals surface area contributed by atoms with Crippen LogP contribution in [0.25, 0.3) is 0 Å². The first-order valence-electron chi connectivity index (χ1n) is 12.3. The van der Waals surface area contributed by atoms with E-state index in [1.54, 1.807) is 53.4 Å².